The van der Waals surface area contributed by atoms with Gasteiger partial charge in [0.05, 0.1) is 24.8 Å². The van der Waals surface area contributed by atoms with Crippen LogP contribution < -0.4 is 10.6 Å². The molecule has 1 aromatic rings. The van der Waals surface area contributed by atoms with Crippen molar-refractivity contribution in [2.45, 2.75) is 33.6 Å². The number of hydrogen-bond donors (Lipinski definition) is 2. The molecule has 0 aromatic heterocycles. The van der Waals surface area contributed by atoms with Crippen LogP contribution in [0, 0.1) is 35.0 Å². The molecule has 34 heavy (non-hydrogen) atoms. The molecule has 3 unspecified atom stereocenters. The van der Waals surface area contributed by atoms with E-state index in [1.807, 2.05) is 0 Å². The number of nitriles is 1. The van der Waals surface area contributed by atoms with E-state index < -0.39 is 0 Å². The monoisotopic (exact) mass is 466 g/mol. The molecule has 2 amide bonds. The van der Waals surface area contributed by atoms with Crippen LogP contribution in [-0.4, -0.2) is 62.7 Å². The van der Waals surface area contributed by atoms with Crippen LogP contribution in [0.15, 0.2) is 35.9 Å². The van der Waals surface area contributed by atoms with E-state index in [0.29, 0.717) is 42.5 Å². The average Bonchev–Trinajstić information content (AvgIpc) is 2.84. The SMILES string of the molecule is CC1=CC(CNC(=O)c2ccc(C#N)cc2)C(C(C)C)CC1CC(=O)NCCN1CCOCC1. The number of rotatable bonds is 9. The van der Waals surface area contributed by atoms with Crippen molar-refractivity contribution in [2.24, 2.45) is 23.7 Å². The first-order valence-corrected chi connectivity index (χ1v) is 12.4. The van der Waals surface area contributed by atoms with Crippen molar-refractivity contribution in [1.29, 1.82) is 5.26 Å². The maximum atomic E-state index is 12.6. The zero-order chi connectivity index (χ0) is 24.5. The van der Waals surface area contributed by atoms with Crippen molar-refractivity contribution in [1.82, 2.24) is 15.5 Å². The third kappa shape index (κ3) is 7.41. The van der Waals surface area contributed by atoms with Gasteiger partial charge in [-0.05, 0) is 61.3 Å². The summed E-state index contributed by atoms with van der Waals surface area (Å²) in [7, 11) is 0. The van der Waals surface area contributed by atoms with Crippen molar-refractivity contribution in [3.8, 4) is 6.07 Å². The highest BCUT2D eigenvalue weighted by atomic mass is 16.5. The highest BCUT2D eigenvalue weighted by Crippen LogP contribution is 2.38. The standard InChI is InChI=1S/C27H38N4O3/c1-19(2)25-15-23(16-26(32)29-8-9-31-10-12-34-13-11-31)20(3)14-24(25)18-30-27(33)22-6-4-21(17-28)5-7-22/h4-7,14,19,23-25H,8-13,15-16,18H2,1-3H3,(H,29,32)(H,30,33). The number of nitrogens with one attached hydrogen (secondary N) is 2. The van der Waals surface area contributed by atoms with E-state index in [0.717, 1.165) is 39.3 Å². The molecular weight excluding hydrogens is 428 g/mol. The maximum absolute atomic E-state index is 12.6. The predicted molar refractivity (Wildman–Crippen MR) is 132 cm³/mol. The molecule has 3 atom stereocenters. The smallest absolute Gasteiger partial charge is 0.251 e. The maximum Gasteiger partial charge on any atom is 0.251 e. The van der Waals surface area contributed by atoms with Crippen molar-refractivity contribution >= 4 is 11.8 Å². The van der Waals surface area contributed by atoms with Gasteiger partial charge in [-0.25, -0.2) is 0 Å². The number of morpholine rings is 1. The van der Waals surface area contributed by atoms with Crippen molar-refractivity contribution in [3.63, 3.8) is 0 Å². The molecular formula is C27H38N4O3. The van der Waals surface area contributed by atoms with E-state index in [2.05, 4.69) is 48.4 Å². The zero-order valence-electron chi connectivity index (χ0n) is 20.7. The van der Waals surface area contributed by atoms with Crippen molar-refractivity contribution in [2.75, 3.05) is 45.9 Å². The third-order valence-electron chi connectivity index (χ3n) is 7.14. The second-order valence-electron chi connectivity index (χ2n) is 9.82. The van der Waals surface area contributed by atoms with E-state index in [1.165, 1.54) is 5.57 Å². The van der Waals surface area contributed by atoms with Crippen LogP contribution in [0.2, 0.25) is 0 Å². The molecule has 0 saturated carbocycles. The largest absolute Gasteiger partial charge is 0.379 e. The summed E-state index contributed by atoms with van der Waals surface area (Å²) >= 11 is 0. The number of amides is 2. The van der Waals surface area contributed by atoms with E-state index in [9.17, 15) is 9.59 Å². The van der Waals surface area contributed by atoms with Gasteiger partial charge in [0.1, 0.15) is 0 Å². The molecule has 1 aliphatic carbocycles. The predicted octanol–water partition coefficient (Wildman–Crippen LogP) is 2.98. The lowest BCUT2D eigenvalue weighted by atomic mass is 9.69. The van der Waals surface area contributed by atoms with E-state index in [4.69, 9.17) is 10.00 Å². The number of ether oxygens (including phenoxy) is 1. The molecule has 184 valence electrons. The Balaban J connectivity index is 1.51. The number of allylic oxidation sites excluding steroid dienone is 1. The van der Waals surface area contributed by atoms with Crippen molar-refractivity contribution < 1.29 is 14.3 Å². The minimum absolute atomic E-state index is 0.112. The summed E-state index contributed by atoms with van der Waals surface area (Å²) in [5.74, 6) is 1.31. The second-order valence-corrected chi connectivity index (χ2v) is 9.82. The Morgan fingerprint density at radius 3 is 2.53 bits per heavy atom. The highest BCUT2D eigenvalue weighted by molar-refractivity contribution is 5.94. The summed E-state index contributed by atoms with van der Waals surface area (Å²) in [6.45, 7) is 12.0. The van der Waals surface area contributed by atoms with Crippen LogP contribution in [-0.2, 0) is 9.53 Å². The number of carbonyl (C=O) groups excluding carboxylic acids is 2. The molecule has 7 nitrogen and oxygen atoms in total. The molecule has 0 bridgehead atoms. The average molecular weight is 467 g/mol. The van der Waals surface area contributed by atoms with Gasteiger partial charge in [-0.2, -0.15) is 5.26 Å². The molecule has 1 aromatic carbocycles. The van der Waals surface area contributed by atoms with Crippen LogP contribution >= 0.6 is 0 Å². The summed E-state index contributed by atoms with van der Waals surface area (Å²) in [6, 6.07) is 8.76. The Kier molecular flexibility index (Phi) is 9.67. The van der Waals surface area contributed by atoms with Gasteiger partial charge in [-0.15, -0.1) is 0 Å². The fourth-order valence-corrected chi connectivity index (χ4v) is 4.99. The second kappa shape index (κ2) is 12.7. The molecule has 1 fully saturated rings. The Bertz CT molecular complexity index is 897. The topological polar surface area (TPSA) is 94.5 Å². The van der Waals surface area contributed by atoms with E-state index in [1.54, 1.807) is 24.3 Å². The number of hydrogen-bond acceptors (Lipinski definition) is 5. The molecule has 1 aliphatic heterocycles. The molecule has 7 heteroatoms. The van der Waals surface area contributed by atoms with Crippen LogP contribution in [0.3, 0.4) is 0 Å². The normalized spacial score (nSPS) is 23.1. The minimum atomic E-state index is -0.125. The summed E-state index contributed by atoms with van der Waals surface area (Å²) < 4.78 is 5.37. The van der Waals surface area contributed by atoms with Crippen LogP contribution in [0.5, 0.6) is 0 Å². The van der Waals surface area contributed by atoms with E-state index >= 15 is 0 Å². The van der Waals surface area contributed by atoms with Gasteiger partial charge in [0.15, 0.2) is 0 Å². The van der Waals surface area contributed by atoms with Gasteiger partial charge < -0.3 is 15.4 Å². The molecule has 2 aliphatic rings. The van der Waals surface area contributed by atoms with Gasteiger partial charge in [0, 0.05) is 44.7 Å². The molecule has 1 saturated heterocycles. The summed E-state index contributed by atoms with van der Waals surface area (Å²) in [5, 5.41) is 15.1. The van der Waals surface area contributed by atoms with Crippen LogP contribution in [0.25, 0.3) is 0 Å². The van der Waals surface area contributed by atoms with Gasteiger partial charge in [-0.3, -0.25) is 14.5 Å². The first kappa shape index (κ1) is 25.9. The lowest BCUT2D eigenvalue weighted by Gasteiger charge is -2.37. The first-order valence-electron chi connectivity index (χ1n) is 12.4. The lowest BCUT2D eigenvalue weighted by Crippen LogP contribution is -2.42. The Morgan fingerprint density at radius 2 is 1.88 bits per heavy atom. The van der Waals surface area contributed by atoms with Crippen molar-refractivity contribution in [3.05, 3.63) is 47.0 Å². The number of benzene rings is 1. The Labute approximate surface area is 203 Å². The molecule has 0 spiro atoms. The minimum Gasteiger partial charge on any atom is -0.379 e. The third-order valence-corrected chi connectivity index (χ3v) is 7.14. The molecule has 1 heterocycles. The molecule has 2 N–H and O–H groups in total. The fourth-order valence-electron chi connectivity index (χ4n) is 4.99. The molecule has 3 rings (SSSR count). The fraction of sp³-hybridized carbons (Fsp3) is 0.593. The zero-order valence-corrected chi connectivity index (χ0v) is 20.7. The van der Waals surface area contributed by atoms with Crippen LogP contribution in [0.4, 0.5) is 0 Å². The summed E-state index contributed by atoms with van der Waals surface area (Å²) in [6.07, 6.45) is 3.73. The van der Waals surface area contributed by atoms with Crippen LogP contribution in [0.1, 0.15) is 49.5 Å². The quantitative estimate of drug-likeness (QED) is 0.546. The first-order chi connectivity index (χ1) is 16.4. The van der Waals surface area contributed by atoms with E-state index in [-0.39, 0.29) is 23.7 Å². The molecule has 0 radical (unpaired) electrons. The highest BCUT2D eigenvalue weighted by Gasteiger charge is 2.32. The summed E-state index contributed by atoms with van der Waals surface area (Å²) in [4.78, 5) is 27.5. The van der Waals surface area contributed by atoms with Gasteiger partial charge in [-0.1, -0.05) is 25.5 Å². The van der Waals surface area contributed by atoms with Gasteiger partial charge in [0.2, 0.25) is 5.91 Å². The van der Waals surface area contributed by atoms with Gasteiger partial charge in [0.25, 0.3) is 5.91 Å². The number of nitrogens with zero attached hydrogens (tertiary/aromatic N) is 2. The Morgan fingerprint density at radius 1 is 1.18 bits per heavy atom. The lowest BCUT2D eigenvalue weighted by molar-refractivity contribution is -0.122. The number of carbonyl (C=O) groups is 2. The van der Waals surface area contributed by atoms with Gasteiger partial charge >= 0.3 is 0 Å². The summed E-state index contributed by atoms with van der Waals surface area (Å²) in [5.41, 5.74) is 2.33. The Hall–Kier alpha value is -2.69.